The van der Waals surface area contributed by atoms with E-state index in [1.807, 2.05) is 19.1 Å². The Morgan fingerprint density at radius 1 is 1.36 bits per heavy atom. The summed E-state index contributed by atoms with van der Waals surface area (Å²) in [6.07, 6.45) is 1.72. The van der Waals surface area contributed by atoms with Gasteiger partial charge < -0.3 is 7.96 Å². The van der Waals surface area contributed by atoms with Gasteiger partial charge in [0.2, 0.25) is 0 Å². The average molecular weight is 205 g/mol. The Bertz CT molecular complexity index is 330. The van der Waals surface area contributed by atoms with E-state index in [2.05, 4.69) is 6.92 Å². The average Bonchev–Trinajstić information content (AvgIpc) is 2.16. The van der Waals surface area contributed by atoms with Gasteiger partial charge in [-0.05, 0) is 30.0 Å². The summed E-state index contributed by atoms with van der Waals surface area (Å²) >= 11 is 0. The van der Waals surface area contributed by atoms with Crippen molar-refractivity contribution in [1.82, 2.24) is 0 Å². The molecule has 1 aromatic rings. The van der Waals surface area contributed by atoms with Gasteiger partial charge in [0.05, 0.1) is 5.56 Å². The summed E-state index contributed by atoms with van der Waals surface area (Å²) in [5.41, 5.74) is 2.55. The van der Waals surface area contributed by atoms with Gasteiger partial charge in [-0.3, -0.25) is 0 Å². The van der Waals surface area contributed by atoms with E-state index < -0.39 is 5.97 Å². The number of hydrogen-bond acceptors (Lipinski definition) is 1. The fraction of sp³-hybridized carbons (Fsp3) is 0.364. The summed E-state index contributed by atoms with van der Waals surface area (Å²) in [5.74, 6) is -0.834. The van der Waals surface area contributed by atoms with Crippen molar-refractivity contribution in [2.45, 2.75) is 26.7 Å². The second-order valence-electron chi connectivity index (χ2n) is 3.00. The van der Waals surface area contributed by atoms with Crippen LogP contribution in [0.5, 0.6) is 0 Å². The summed E-state index contributed by atoms with van der Waals surface area (Å²) in [6, 6.07) is 5.55. The van der Waals surface area contributed by atoms with E-state index in [0.29, 0.717) is 5.56 Å². The molecule has 0 amide bonds. The van der Waals surface area contributed by atoms with Gasteiger partial charge in [0.15, 0.2) is 0 Å². The van der Waals surface area contributed by atoms with Crippen LogP contribution in [-0.4, -0.2) is 34.1 Å². The maximum absolute atomic E-state index is 10.8. The maximum Gasteiger partial charge on any atom is 2.00 e. The molecule has 0 aromatic heterocycles. The third kappa shape index (κ3) is 2.99. The third-order valence-electron chi connectivity index (χ3n) is 2.19. The molecule has 2 nitrogen and oxygen atoms in total. The minimum absolute atomic E-state index is 0. The first-order chi connectivity index (χ1) is 6.19. The Kier molecular flexibility index (Phi) is 5.80. The van der Waals surface area contributed by atoms with E-state index in [-0.39, 0.29) is 25.9 Å². The number of carbonyl (C=O) groups is 1. The Balaban J connectivity index is -0.000000563. The van der Waals surface area contributed by atoms with E-state index in [0.717, 1.165) is 18.4 Å². The van der Waals surface area contributed by atoms with Crippen LogP contribution >= 0.6 is 0 Å². The molecule has 0 saturated heterocycles. The van der Waals surface area contributed by atoms with E-state index in [1.54, 1.807) is 6.07 Å². The van der Waals surface area contributed by atoms with Gasteiger partial charge in [-0.25, -0.2) is 4.79 Å². The molecule has 0 aliphatic heterocycles. The standard InChI is InChI=1S/C11H14O2.Mg.2H/c1-3-8-5-6-10(11(12)13)9(4-2)7-8;;;/h5-7H,3-4H2,1-2H3,(H,12,13);;;/q;+2;2*-1. The topological polar surface area (TPSA) is 37.3 Å². The largest absolute Gasteiger partial charge is 2.00 e. The predicted octanol–water partition coefficient (Wildman–Crippen LogP) is 2.35. The minimum Gasteiger partial charge on any atom is -1.00 e. The molecule has 1 N–H and O–H groups in total. The van der Waals surface area contributed by atoms with Crippen LogP contribution in [0.3, 0.4) is 0 Å². The van der Waals surface area contributed by atoms with Gasteiger partial charge in [-0.2, -0.15) is 0 Å². The number of hydrogen-bond donors (Lipinski definition) is 1. The molecule has 0 atom stereocenters. The molecule has 0 aliphatic carbocycles. The van der Waals surface area contributed by atoms with Crippen molar-refractivity contribution >= 4 is 29.0 Å². The molecule has 1 aromatic carbocycles. The number of carboxylic acid groups (broad SMARTS) is 1. The van der Waals surface area contributed by atoms with Gasteiger partial charge in [0, 0.05) is 0 Å². The smallest absolute Gasteiger partial charge is 1.00 e. The summed E-state index contributed by atoms with van der Waals surface area (Å²) < 4.78 is 0. The molecule has 0 unspecified atom stereocenters. The molecular weight excluding hydrogens is 188 g/mol. The van der Waals surface area contributed by atoms with Crippen molar-refractivity contribution in [3.8, 4) is 0 Å². The molecule has 0 heterocycles. The van der Waals surface area contributed by atoms with Gasteiger partial charge in [0.25, 0.3) is 0 Å². The molecular formula is C11H16MgO2. The van der Waals surface area contributed by atoms with Crippen LogP contribution in [0.4, 0.5) is 0 Å². The first kappa shape index (κ1) is 13.5. The van der Waals surface area contributed by atoms with Crippen LogP contribution in [0.2, 0.25) is 0 Å². The Morgan fingerprint density at radius 3 is 2.43 bits per heavy atom. The van der Waals surface area contributed by atoms with Gasteiger partial charge in [0.1, 0.15) is 0 Å². The second kappa shape index (κ2) is 6.04. The quantitative estimate of drug-likeness (QED) is 0.768. The van der Waals surface area contributed by atoms with Crippen LogP contribution in [-0.2, 0) is 12.8 Å². The normalized spacial score (nSPS) is 9.29. The number of rotatable bonds is 3. The van der Waals surface area contributed by atoms with Crippen molar-refractivity contribution in [3.05, 3.63) is 34.9 Å². The maximum atomic E-state index is 10.8. The number of aryl methyl sites for hydroxylation is 2. The Labute approximate surface area is 103 Å². The molecule has 0 aliphatic rings. The Morgan fingerprint density at radius 2 is 2.00 bits per heavy atom. The van der Waals surface area contributed by atoms with Crippen molar-refractivity contribution < 1.29 is 12.8 Å². The van der Waals surface area contributed by atoms with E-state index in [9.17, 15) is 4.79 Å². The molecule has 3 heteroatoms. The second-order valence-corrected chi connectivity index (χ2v) is 3.00. The first-order valence-corrected chi connectivity index (χ1v) is 4.54. The van der Waals surface area contributed by atoms with Crippen molar-refractivity contribution in [2.24, 2.45) is 0 Å². The Hall–Kier alpha value is -0.544. The zero-order valence-corrected chi connectivity index (χ0v) is 10.1. The van der Waals surface area contributed by atoms with Crippen molar-refractivity contribution in [1.29, 1.82) is 0 Å². The zero-order chi connectivity index (χ0) is 9.84. The first-order valence-electron chi connectivity index (χ1n) is 4.54. The van der Waals surface area contributed by atoms with E-state index in [4.69, 9.17) is 5.11 Å². The summed E-state index contributed by atoms with van der Waals surface area (Å²) in [7, 11) is 0. The van der Waals surface area contributed by atoms with E-state index >= 15 is 0 Å². The molecule has 74 valence electrons. The number of carboxylic acids is 1. The number of benzene rings is 1. The summed E-state index contributed by atoms with van der Waals surface area (Å²) in [6.45, 7) is 4.04. The molecule has 0 fully saturated rings. The van der Waals surface area contributed by atoms with Crippen LogP contribution in [0.1, 0.15) is 38.2 Å². The van der Waals surface area contributed by atoms with Crippen molar-refractivity contribution in [2.75, 3.05) is 0 Å². The van der Waals surface area contributed by atoms with Crippen LogP contribution in [0, 0.1) is 0 Å². The van der Waals surface area contributed by atoms with E-state index in [1.165, 1.54) is 5.56 Å². The number of aromatic carboxylic acids is 1. The van der Waals surface area contributed by atoms with Gasteiger partial charge in [-0.15, -0.1) is 0 Å². The predicted molar refractivity (Wildman–Crippen MR) is 60.1 cm³/mol. The molecule has 0 radical (unpaired) electrons. The molecule has 14 heavy (non-hydrogen) atoms. The van der Waals surface area contributed by atoms with Gasteiger partial charge >= 0.3 is 29.0 Å². The monoisotopic (exact) mass is 204 g/mol. The van der Waals surface area contributed by atoms with Gasteiger partial charge in [-0.1, -0.05) is 26.0 Å². The summed E-state index contributed by atoms with van der Waals surface area (Å²) in [4.78, 5) is 10.8. The molecule has 0 bridgehead atoms. The third-order valence-corrected chi connectivity index (χ3v) is 2.19. The van der Waals surface area contributed by atoms with Crippen LogP contribution < -0.4 is 0 Å². The fourth-order valence-corrected chi connectivity index (χ4v) is 1.37. The SMILES string of the molecule is CCc1ccc(C(=O)O)c(CC)c1.[H-].[H-].[Mg+2]. The van der Waals surface area contributed by atoms with Crippen LogP contribution in [0.25, 0.3) is 0 Å². The summed E-state index contributed by atoms with van der Waals surface area (Å²) in [5, 5.41) is 8.86. The molecule has 1 rings (SSSR count). The van der Waals surface area contributed by atoms with Crippen molar-refractivity contribution in [3.63, 3.8) is 0 Å². The fourth-order valence-electron chi connectivity index (χ4n) is 1.37. The minimum atomic E-state index is -0.834. The van der Waals surface area contributed by atoms with Crippen LogP contribution in [0.15, 0.2) is 18.2 Å². The molecule has 0 spiro atoms. The molecule has 0 saturated carbocycles. The zero-order valence-electron chi connectivity index (χ0n) is 10.7.